The molecule has 0 spiro atoms. The molecule has 0 radical (unpaired) electrons. The first-order chi connectivity index (χ1) is 19.4. The summed E-state index contributed by atoms with van der Waals surface area (Å²) in [5, 5.41) is 14.7. The lowest BCUT2D eigenvalue weighted by molar-refractivity contribution is -0.0929. The van der Waals surface area contributed by atoms with Crippen LogP contribution in [-0.2, 0) is 32.0 Å². The van der Waals surface area contributed by atoms with Gasteiger partial charge in [-0.1, -0.05) is 12.2 Å². The zero-order valence-corrected chi connectivity index (χ0v) is 23.5. The van der Waals surface area contributed by atoms with Gasteiger partial charge >= 0.3 is 14.6 Å². The number of aromatic nitrogens is 6. The number of ether oxygens (including phenoxy) is 1. The highest BCUT2D eigenvalue weighted by atomic mass is 32.7. The van der Waals surface area contributed by atoms with Gasteiger partial charge in [0.05, 0.1) is 19.0 Å². The van der Waals surface area contributed by atoms with Gasteiger partial charge in [0, 0.05) is 18.2 Å². The number of nitrogen functional groups attached to an aromatic ring is 1. The zero-order chi connectivity index (χ0) is 28.7. The molecule has 2 aliphatic heterocycles. The topological polar surface area (TPSA) is 248 Å². The lowest BCUT2D eigenvalue weighted by Gasteiger charge is -2.31. The van der Waals surface area contributed by atoms with Crippen molar-refractivity contribution < 1.29 is 42.0 Å². The number of fused-ring (bicyclic) bond motifs is 3. The number of anilines is 2. The Hall–Kier alpha value is -2.44. The summed E-state index contributed by atoms with van der Waals surface area (Å²) in [7, 11) is -4.85. The summed E-state index contributed by atoms with van der Waals surface area (Å²) in [5.74, 6) is -0.173. The van der Waals surface area contributed by atoms with Crippen molar-refractivity contribution in [3.05, 3.63) is 35.3 Å². The number of rotatable bonds is 3. The Bertz CT molecular complexity index is 1660. The van der Waals surface area contributed by atoms with Gasteiger partial charge in [0.2, 0.25) is 5.95 Å². The minimum absolute atomic E-state index is 0.0266. The molecular formula is C20H24N8O10P2S. The Kier molecular flexibility index (Phi) is 6.37. The van der Waals surface area contributed by atoms with E-state index in [1.54, 1.807) is 12.3 Å². The van der Waals surface area contributed by atoms with Crippen molar-refractivity contribution in [3.63, 3.8) is 0 Å². The molecule has 3 aromatic rings. The molecule has 21 heteroatoms. The highest BCUT2D eigenvalue weighted by Crippen LogP contribution is 2.68. The van der Waals surface area contributed by atoms with Crippen molar-refractivity contribution >= 4 is 49.8 Å². The number of nitrogens with two attached hydrogens (primary N) is 1. The predicted molar refractivity (Wildman–Crippen MR) is 141 cm³/mol. The quantitative estimate of drug-likeness (QED) is 0.169. The van der Waals surface area contributed by atoms with E-state index >= 15 is 0 Å². The normalized spacial score (nSPS) is 42.2. The number of H-pyrrole nitrogens is 1. The fraction of sp³-hybridized carbons (Fsp3) is 0.550. The largest absolute Gasteiger partial charge is 0.472 e. The number of imidazole rings is 1. The molecule has 4 fully saturated rings. The van der Waals surface area contributed by atoms with Gasteiger partial charge in [-0.05, 0) is 18.9 Å². The fourth-order valence-electron chi connectivity index (χ4n) is 5.70. The standard InChI is InChI=1S/C20H24N8O10P2S/c21-19-26-16-12(17(29)27-19)24-7-28(16)18-15-20(30)13(35-18)14(20)38-40(33,41)36-10-4-9(25-11-1-2-22-6-23-11)3-8(10)5-34-39(31,32)37-15/h1-2,6-10,13-15,18,30H,3-5H2,(H,31,32)(H,33,41)(H,22,23,25)(H3,21,26,27,29)/t8-,9-,10+,13-,14+,15+,18-,20+,40?/m1/s1. The second kappa shape index (κ2) is 9.54. The summed E-state index contributed by atoms with van der Waals surface area (Å²) in [6.07, 6.45) is -1.30. The molecular weight excluding hydrogens is 606 g/mol. The van der Waals surface area contributed by atoms with Crippen LogP contribution in [0.3, 0.4) is 0 Å². The first kappa shape index (κ1) is 27.4. The third-order valence-electron chi connectivity index (χ3n) is 7.58. The van der Waals surface area contributed by atoms with Crippen LogP contribution in [0.1, 0.15) is 19.1 Å². The van der Waals surface area contributed by atoms with E-state index in [4.69, 9.17) is 28.6 Å². The monoisotopic (exact) mass is 630 g/mol. The van der Waals surface area contributed by atoms with Crippen LogP contribution in [0.2, 0.25) is 0 Å². The molecule has 0 aromatic carbocycles. The maximum Gasteiger partial charge on any atom is 0.472 e. The van der Waals surface area contributed by atoms with E-state index < -0.39 is 62.3 Å². The Labute approximate surface area is 235 Å². The Morgan fingerprint density at radius 1 is 1.20 bits per heavy atom. The van der Waals surface area contributed by atoms with Crippen LogP contribution in [-0.4, -0.2) is 82.2 Å². The second-order valence-corrected chi connectivity index (χ2v) is 14.4. The van der Waals surface area contributed by atoms with Crippen LogP contribution in [0, 0.1) is 5.92 Å². The average Bonchev–Trinajstić information content (AvgIpc) is 3.27. The fourth-order valence-corrected chi connectivity index (χ4v) is 8.58. The van der Waals surface area contributed by atoms with E-state index in [9.17, 15) is 23.9 Å². The number of nitrogens with one attached hydrogen (secondary N) is 2. The highest BCUT2D eigenvalue weighted by Gasteiger charge is 2.80. The first-order valence-electron chi connectivity index (χ1n) is 12.4. The van der Waals surface area contributed by atoms with Crippen LogP contribution < -0.4 is 16.6 Å². The molecule has 2 saturated carbocycles. The van der Waals surface area contributed by atoms with Gasteiger partial charge in [-0.3, -0.25) is 32.4 Å². The van der Waals surface area contributed by atoms with Crippen molar-refractivity contribution in [2.45, 2.75) is 55.1 Å². The molecule has 2 saturated heterocycles. The van der Waals surface area contributed by atoms with Crippen LogP contribution in [0.5, 0.6) is 0 Å². The highest BCUT2D eigenvalue weighted by molar-refractivity contribution is 8.44. The van der Waals surface area contributed by atoms with Crippen molar-refractivity contribution in [3.8, 4) is 0 Å². The van der Waals surface area contributed by atoms with E-state index in [0.717, 1.165) is 0 Å². The van der Waals surface area contributed by atoms with Crippen LogP contribution in [0.25, 0.3) is 11.2 Å². The predicted octanol–water partition coefficient (Wildman–Crippen LogP) is 0.349. The van der Waals surface area contributed by atoms with E-state index in [-0.39, 0.29) is 29.8 Å². The Balaban J connectivity index is 1.18. The van der Waals surface area contributed by atoms with Crippen LogP contribution in [0.15, 0.2) is 29.7 Å². The molecule has 7 rings (SSSR count). The van der Waals surface area contributed by atoms with Gasteiger partial charge in [-0.25, -0.2) is 24.1 Å². The van der Waals surface area contributed by atoms with Crippen molar-refractivity contribution in [2.24, 2.45) is 5.92 Å². The van der Waals surface area contributed by atoms with E-state index in [1.807, 2.05) is 0 Å². The second-order valence-electron chi connectivity index (χ2n) is 10.2. The zero-order valence-electron chi connectivity index (χ0n) is 20.8. The van der Waals surface area contributed by atoms with Crippen molar-refractivity contribution in [1.82, 2.24) is 29.5 Å². The Morgan fingerprint density at radius 2 is 2.02 bits per heavy atom. The number of aliphatic hydroxyl groups is 1. The summed E-state index contributed by atoms with van der Waals surface area (Å²) in [6.45, 7) is -4.42. The maximum absolute atomic E-state index is 13.4. The number of nitrogens with zero attached hydrogens (tertiary/aromatic N) is 5. The average molecular weight is 630 g/mol. The summed E-state index contributed by atoms with van der Waals surface area (Å²) >= 11 is 4.14. The molecule has 4 aliphatic rings. The molecule has 3 aromatic heterocycles. The van der Waals surface area contributed by atoms with E-state index in [1.165, 1.54) is 17.2 Å². The van der Waals surface area contributed by atoms with Gasteiger partial charge in [0.15, 0.2) is 23.0 Å². The Morgan fingerprint density at radius 3 is 2.80 bits per heavy atom. The summed E-state index contributed by atoms with van der Waals surface area (Å²) in [4.78, 5) is 41.4. The van der Waals surface area contributed by atoms with Gasteiger partial charge in [-0.2, -0.15) is 4.98 Å². The van der Waals surface area contributed by atoms with Gasteiger partial charge < -0.3 is 25.8 Å². The van der Waals surface area contributed by atoms with E-state index in [0.29, 0.717) is 18.7 Å². The summed E-state index contributed by atoms with van der Waals surface area (Å²) in [6, 6.07) is 1.45. The molecule has 10 atom stereocenters. The molecule has 220 valence electrons. The minimum Gasteiger partial charge on any atom is -0.381 e. The summed E-state index contributed by atoms with van der Waals surface area (Å²) < 4.78 is 55.9. The smallest absolute Gasteiger partial charge is 0.381 e. The van der Waals surface area contributed by atoms with Crippen LogP contribution >= 0.6 is 26.9 Å². The molecule has 18 nitrogen and oxygen atoms in total. The maximum atomic E-state index is 13.4. The SMILES string of the molecule is Nc1nc2c(ncn2[C@@H]2O[C@@H]3[C@@H]4OP(=O)(S)O[C@H]5C[C@H](Nc6ccncn6)C[C@@H]5COP(=O)(O)O[C@@H]2[C@]34O)c(=O)[nH]1. The van der Waals surface area contributed by atoms with Crippen molar-refractivity contribution in [2.75, 3.05) is 17.7 Å². The van der Waals surface area contributed by atoms with Crippen LogP contribution in [0.4, 0.5) is 11.8 Å². The molecule has 5 heterocycles. The molecule has 0 bridgehead atoms. The number of thiol groups is 1. The first-order valence-corrected chi connectivity index (χ1v) is 16.6. The third kappa shape index (κ3) is 4.79. The minimum atomic E-state index is -4.85. The summed E-state index contributed by atoms with van der Waals surface area (Å²) in [5.41, 5.74) is 2.87. The number of hydrogen-bond donors (Lipinski definition) is 6. The van der Waals surface area contributed by atoms with Gasteiger partial charge in [-0.15, -0.1) is 0 Å². The molecule has 6 N–H and O–H groups in total. The number of phosphoric acid groups is 1. The molecule has 2 aliphatic carbocycles. The number of hydrogen-bond acceptors (Lipinski definition) is 15. The molecule has 41 heavy (non-hydrogen) atoms. The van der Waals surface area contributed by atoms with Crippen molar-refractivity contribution in [1.29, 1.82) is 0 Å². The lowest BCUT2D eigenvalue weighted by atomic mass is 10.1. The third-order valence-corrected chi connectivity index (χ3v) is 10.1. The van der Waals surface area contributed by atoms with E-state index in [2.05, 4.69) is 42.5 Å². The lowest BCUT2D eigenvalue weighted by Crippen LogP contribution is -2.39. The van der Waals surface area contributed by atoms with Gasteiger partial charge in [0.1, 0.15) is 30.5 Å². The number of phosphoric ester groups is 1. The molecule has 2 unspecified atom stereocenters. The number of aromatic amines is 1. The van der Waals surface area contributed by atoms with Gasteiger partial charge in [0.25, 0.3) is 5.56 Å². The molecule has 0 amide bonds.